The minimum Gasteiger partial charge on any atom is -0.223 e. The Morgan fingerprint density at radius 2 is 1.32 bits per heavy atom. The average Bonchev–Trinajstić information content (AvgIpc) is 2.96. The smallest absolute Gasteiger partial charge is 0.168 e. The van der Waals surface area contributed by atoms with Gasteiger partial charge in [-0.05, 0) is 12.1 Å². The summed E-state index contributed by atoms with van der Waals surface area (Å²) in [7, 11) is 0. The first-order valence-electron chi connectivity index (χ1n) is 6.98. The zero-order valence-corrected chi connectivity index (χ0v) is 14.2. The van der Waals surface area contributed by atoms with E-state index in [0.29, 0.717) is 0 Å². The number of nitrogens with zero attached hydrogens (tertiary/aromatic N) is 2. The Bertz CT molecular complexity index is 810. The standard InChI is InChI=1S/C19H14N2.Ir/c1-3-9-16(10-4-1)20-15-21(17-11-5-2-6-12-17)19-14-8-7-13-18(19)20;/h1-11,13-15H;. The second-order valence-electron chi connectivity index (χ2n) is 4.93. The first kappa shape index (κ1) is 14.7. The molecule has 0 aliphatic heterocycles. The van der Waals surface area contributed by atoms with Gasteiger partial charge in [-0.2, -0.15) is 22.8 Å². The molecule has 4 aromatic rings. The van der Waals surface area contributed by atoms with Crippen LogP contribution in [0.1, 0.15) is 0 Å². The molecule has 0 fully saturated rings. The quantitative estimate of drug-likeness (QED) is 0.388. The molecule has 3 aromatic carbocycles. The van der Waals surface area contributed by atoms with Crippen LogP contribution in [-0.4, -0.2) is 9.13 Å². The van der Waals surface area contributed by atoms with Crippen LogP contribution in [0.4, 0.5) is 0 Å². The molecule has 0 bridgehead atoms. The zero-order chi connectivity index (χ0) is 14.1. The van der Waals surface area contributed by atoms with Crippen molar-refractivity contribution in [3.63, 3.8) is 0 Å². The molecular formula is C19H14IrN2. The van der Waals surface area contributed by atoms with Gasteiger partial charge in [-0.25, -0.2) is 4.57 Å². The van der Waals surface area contributed by atoms with Crippen LogP contribution in [0.2, 0.25) is 0 Å². The minimum atomic E-state index is 0. The predicted molar refractivity (Wildman–Crippen MR) is 85.8 cm³/mol. The molecule has 1 aromatic heterocycles. The Kier molecular flexibility index (Phi) is 4.19. The van der Waals surface area contributed by atoms with Crippen molar-refractivity contribution in [2.24, 2.45) is 0 Å². The van der Waals surface area contributed by atoms with E-state index in [1.807, 2.05) is 24.3 Å². The summed E-state index contributed by atoms with van der Waals surface area (Å²) in [4.78, 5) is 0. The normalized spacial score (nSPS) is 10.4. The molecule has 1 radical (unpaired) electrons. The van der Waals surface area contributed by atoms with Crippen molar-refractivity contribution in [3.05, 3.63) is 91.3 Å². The number of para-hydroxylation sites is 4. The number of fused-ring (bicyclic) bond motifs is 1. The molecule has 0 amide bonds. The van der Waals surface area contributed by atoms with Crippen molar-refractivity contribution in [2.45, 2.75) is 0 Å². The van der Waals surface area contributed by atoms with Crippen LogP contribution >= 0.6 is 0 Å². The van der Waals surface area contributed by atoms with Crippen LogP contribution < -0.4 is 0 Å². The molecule has 4 rings (SSSR count). The zero-order valence-electron chi connectivity index (χ0n) is 11.8. The van der Waals surface area contributed by atoms with Crippen LogP contribution in [0.3, 0.4) is 0 Å². The summed E-state index contributed by atoms with van der Waals surface area (Å²) < 4.78 is 4.37. The Balaban J connectivity index is 0.00000144. The molecule has 1 heterocycles. The molecule has 2 nitrogen and oxygen atoms in total. The first-order chi connectivity index (χ1) is 10.4. The third-order valence-corrected chi connectivity index (χ3v) is 3.62. The van der Waals surface area contributed by atoms with E-state index in [-0.39, 0.29) is 20.1 Å². The molecule has 0 aliphatic rings. The van der Waals surface area contributed by atoms with Crippen LogP contribution in [0.5, 0.6) is 0 Å². The SMILES string of the molecule is [Ir].[c-]1ccccc1-n1[cH+]n(-c2ccccc2)c2ccccc21. The molecule has 0 saturated heterocycles. The maximum atomic E-state index is 3.29. The average molecular weight is 463 g/mol. The topological polar surface area (TPSA) is 9.86 Å². The summed E-state index contributed by atoms with van der Waals surface area (Å²) in [6.07, 6.45) is 2.12. The van der Waals surface area contributed by atoms with Crippen molar-refractivity contribution in [2.75, 3.05) is 0 Å². The third-order valence-electron chi connectivity index (χ3n) is 3.62. The van der Waals surface area contributed by atoms with E-state index < -0.39 is 0 Å². The van der Waals surface area contributed by atoms with E-state index in [9.17, 15) is 0 Å². The summed E-state index contributed by atoms with van der Waals surface area (Å²) in [5.41, 5.74) is 4.55. The summed E-state index contributed by atoms with van der Waals surface area (Å²) in [5, 5.41) is 0. The second kappa shape index (κ2) is 6.27. The van der Waals surface area contributed by atoms with Crippen molar-refractivity contribution in [1.82, 2.24) is 9.13 Å². The van der Waals surface area contributed by atoms with E-state index in [1.165, 1.54) is 11.0 Å². The van der Waals surface area contributed by atoms with Gasteiger partial charge in [0.15, 0.2) is 17.4 Å². The number of hydrogen-bond donors (Lipinski definition) is 0. The minimum absolute atomic E-state index is 0. The molecule has 0 atom stereocenters. The van der Waals surface area contributed by atoms with Crippen molar-refractivity contribution in [1.29, 1.82) is 0 Å². The number of hydrogen-bond acceptors (Lipinski definition) is 0. The molecule has 0 N–H and O–H groups in total. The van der Waals surface area contributed by atoms with Crippen molar-refractivity contribution in [3.8, 4) is 11.4 Å². The molecule has 0 aliphatic carbocycles. The van der Waals surface area contributed by atoms with E-state index in [1.54, 1.807) is 0 Å². The van der Waals surface area contributed by atoms with Crippen LogP contribution in [0.15, 0.2) is 85.2 Å². The summed E-state index contributed by atoms with van der Waals surface area (Å²) in [5.74, 6) is 0. The van der Waals surface area contributed by atoms with Gasteiger partial charge in [0.25, 0.3) is 0 Å². The number of benzene rings is 3. The van der Waals surface area contributed by atoms with Gasteiger partial charge < -0.3 is 0 Å². The fourth-order valence-electron chi connectivity index (χ4n) is 2.63. The molecule has 3 heteroatoms. The summed E-state index contributed by atoms with van der Waals surface area (Å²) >= 11 is 0. The van der Waals surface area contributed by atoms with Gasteiger partial charge in [-0.1, -0.05) is 30.3 Å². The second-order valence-corrected chi connectivity index (χ2v) is 4.93. The fraction of sp³-hybridized carbons (Fsp3) is 0. The largest absolute Gasteiger partial charge is 0.223 e. The molecular weight excluding hydrogens is 448 g/mol. The van der Waals surface area contributed by atoms with Gasteiger partial charge in [0, 0.05) is 37.9 Å². The van der Waals surface area contributed by atoms with Crippen LogP contribution in [0.25, 0.3) is 22.4 Å². The Morgan fingerprint density at radius 1 is 0.682 bits per heavy atom. The first-order valence-corrected chi connectivity index (χ1v) is 6.98. The van der Waals surface area contributed by atoms with Crippen molar-refractivity contribution >= 4 is 11.0 Å². The summed E-state index contributed by atoms with van der Waals surface area (Å²) in [6, 6.07) is 30.1. The molecule has 22 heavy (non-hydrogen) atoms. The fourth-order valence-corrected chi connectivity index (χ4v) is 2.63. The molecule has 0 saturated carbocycles. The predicted octanol–water partition coefficient (Wildman–Crippen LogP) is 4.50. The van der Waals surface area contributed by atoms with Gasteiger partial charge in [0.2, 0.25) is 0 Å². The van der Waals surface area contributed by atoms with Crippen LogP contribution in [0, 0.1) is 6.07 Å². The van der Waals surface area contributed by atoms with Gasteiger partial charge in [-0.3, -0.25) is 0 Å². The third kappa shape index (κ3) is 2.50. The van der Waals surface area contributed by atoms with Gasteiger partial charge in [0.05, 0.1) is 0 Å². The Morgan fingerprint density at radius 3 is 2.00 bits per heavy atom. The number of aromatic nitrogens is 2. The van der Waals surface area contributed by atoms with E-state index in [2.05, 4.69) is 76.1 Å². The van der Waals surface area contributed by atoms with E-state index >= 15 is 0 Å². The number of rotatable bonds is 2. The van der Waals surface area contributed by atoms with Gasteiger partial charge in [-0.15, -0.1) is 12.1 Å². The number of imidazole rings is 1. The monoisotopic (exact) mass is 463 g/mol. The molecule has 109 valence electrons. The maximum Gasteiger partial charge on any atom is 0.168 e. The molecule has 0 spiro atoms. The van der Waals surface area contributed by atoms with Gasteiger partial charge in [0.1, 0.15) is 5.69 Å². The van der Waals surface area contributed by atoms with E-state index in [4.69, 9.17) is 0 Å². The Labute approximate surface area is 143 Å². The molecule has 0 unspecified atom stereocenters. The Hall–Kier alpha value is -2.22. The summed E-state index contributed by atoms with van der Waals surface area (Å²) in [6.45, 7) is 0. The van der Waals surface area contributed by atoms with Gasteiger partial charge >= 0.3 is 0 Å². The van der Waals surface area contributed by atoms with E-state index in [0.717, 1.165) is 11.4 Å². The van der Waals surface area contributed by atoms with Crippen LogP contribution in [-0.2, 0) is 20.1 Å². The maximum absolute atomic E-state index is 3.29. The van der Waals surface area contributed by atoms with Crippen molar-refractivity contribution < 1.29 is 20.1 Å².